The topological polar surface area (TPSA) is 128 Å². The SMILES string of the molecule is CS(=O)(=O)N1CCN(C(=O)N2CCOCC2)CC1C(=O)NC1CCCNC1=O. The van der Waals surface area contributed by atoms with Gasteiger partial charge in [0.2, 0.25) is 21.8 Å². The quantitative estimate of drug-likeness (QED) is 0.535. The molecule has 2 N–H and O–H groups in total. The fraction of sp³-hybridized carbons (Fsp3) is 0.812. The molecule has 3 rings (SSSR count). The first-order valence-electron chi connectivity index (χ1n) is 9.44. The molecule has 0 aliphatic carbocycles. The number of nitrogens with zero attached hydrogens (tertiary/aromatic N) is 3. The molecule has 28 heavy (non-hydrogen) atoms. The van der Waals surface area contributed by atoms with Crippen LogP contribution in [-0.4, -0.2) is 111 Å². The summed E-state index contributed by atoms with van der Waals surface area (Å²) >= 11 is 0. The number of carbonyl (C=O) groups is 3. The second kappa shape index (κ2) is 8.62. The van der Waals surface area contributed by atoms with E-state index in [0.717, 1.165) is 17.0 Å². The maximum Gasteiger partial charge on any atom is 0.320 e. The Kier molecular flexibility index (Phi) is 6.40. The number of morpholine rings is 1. The van der Waals surface area contributed by atoms with Crippen molar-refractivity contribution in [2.45, 2.75) is 24.9 Å². The number of piperidine rings is 1. The van der Waals surface area contributed by atoms with Crippen molar-refractivity contribution in [3.05, 3.63) is 0 Å². The molecule has 0 spiro atoms. The van der Waals surface area contributed by atoms with E-state index < -0.39 is 28.0 Å². The lowest BCUT2D eigenvalue weighted by Gasteiger charge is -2.41. The Bertz CT molecular complexity index is 723. The van der Waals surface area contributed by atoms with Crippen LogP contribution < -0.4 is 10.6 Å². The maximum atomic E-state index is 12.8. The van der Waals surface area contributed by atoms with Gasteiger partial charge in [-0.05, 0) is 12.8 Å². The lowest BCUT2D eigenvalue weighted by molar-refractivity contribution is -0.132. The molecule has 0 saturated carbocycles. The lowest BCUT2D eigenvalue weighted by atomic mass is 10.1. The lowest BCUT2D eigenvalue weighted by Crippen LogP contribution is -2.64. The number of rotatable bonds is 3. The van der Waals surface area contributed by atoms with Crippen LogP contribution in [0.2, 0.25) is 0 Å². The number of hydrogen-bond donors (Lipinski definition) is 2. The van der Waals surface area contributed by atoms with Crippen LogP contribution in [0.3, 0.4) is 0 Å². The molecule has 2 unspecified atom stereocenters. The summed E-state index contributed by atoms with van der Waals surface area (Å²) in [4.78, 5) is 40.7. The monoisotopic (exact) mass is 417 g/mol. The first kappa shape index (κ1) is 20.8. The molecular weight excluding hydrogens is 390 g/mol. The third-order valence-corrected chi connectivity index (χ3v) is 6.50. The molecule has 3 saturated heterocycles. The van der Waals surface area contributed by atoms with Crippen LogP contribution >= 0.6 is 0 Å². The summed E-state index contributed by atoms with van der Waals surface area (Å²) in [5.41, 5.74) is 0. The number of ether oxygens (including phenoxy) is 1. The first-order valence-corrected chi connectivity index (χ1v) is 11.3. The van der Waals surface area contributed by atoms with Gasteiger partial charge in [-0.25, -0.2) is 13.2 Å². The number of carbonyl (C=O) groups excluding carboxylic acids is 3. The van der Waals surface area contributed by atoms with E-state index in [9.17, 15) is 22.8 Å². The largest absolute Gasteiger partial charge is 0.378 e. The van der Waals surface area contributed by atoms with Crippen molar-refractivity contribution in [1.29, 1.82) is 0 Å². The molecule has 0 aromatic rings. The number of piperazine rings is 1. The molecule has 0 aromatic carbocycles. The van der Waals surface area contributed by atoms with Gasteiger partial charge in [0.1, 0.15) is 12.1 Å². The molecule has 3 aliphatic rings. The third kappa shape index (κ3) is 4.73. The van der Waals surface area contributed by atoms with Crippen molar-refractivity contribution in [3.63, 3.8) is 0 Å². The zero-order valence-electron chi connectivity index (χ0n) is 15.9. The van der Waals surface area contributed by atoms with Gasteiger partial charge in [0.05, 0.1) is 19.5 Å². The molecule has 3 heterocycles. The van der Waals surface area contributed by atoms with E-state index >= 15 is 0 Å². The summed E-state index contributed by atoms with van der Waals surface area (Å²) < 4.78 is 30.7. The number of sulfonamides is 1. The van der Waals surface area contributed by atoms with E-state index in [2.05, 4.69) is 10.6 Å². The summed E-state index contributed by atoms with van der Waals surface area (Å²) in [6.07, 6.45) is 2.28. The third-order valence-electron chi connectivity index (χ3n) is 5.21. The van der Waals surface area contributed by atoms with Crippen LogP contribution in [0.1, 0.15) is 12.8 Å². The fourth-order valence-corrected chi connectivity index (χ4v) is 4.72. The van der Waals surface area contributed by atoms with Gasteiger partial charge in [-0.1, -0.05) is 0 Å². The minimum absolute atomic E-state index is 0.0316. The van der Waals surface area contributed by atoms with Gasteiger partial charge < -0.3 is 25.2 Å². The normalized spacial score (nSPS) is 27.2. The van der Waals surface area contributed by atoms with Crippen molar-refractivity contribution in [2.24, 2.45) is 0 Å². The van der Waals surface area contributed by atoms with E-state index in [4.69, 9.17) is 4.74 Å². The van der Waals surface area contributed by atoms with Crippen LogP contribution in [0.25, 0.3) is 0 Å². The predicted molar refractivity (Wildman–Crippen MR) is 98.9 cm³/mol. The van der Waals surface area contributed by atoms with Crippen molar-refractivity contribution < 1.29 is 27.5 Å². The molecule has 3 fully saturated rings. The molecule has 0 aromatic heterocycles. The summed E-state index contributed by atoms with van der Waals surface area (Å²) in [7, 11) is -3.65. The van der Waals surface area contributed by atoms with Crippen LogP contribution in [0, 0.1) is 0 Å². The Hall–Kier alpha value is -1.92. The second-order valence-electron chi connectivity index (χ2n) is 7.21. The Morgan fingerprint density at radius 3 is 2.50 bits per heavy atom. The van der Waals surface area contributed by atoms with E-state index in [1.54, 1.807) is 4.90 Å². The zero-order chi connectivity index (χ0) is 20.3. The van der Waals surface area contributed by atoms with Gasteiger partial charge >= 0.3 is 6.03 Å². The van der Waals surface area contributed by atoms with Gasteiger partial charge in [0.15, 0.2) is 0 Å². The van der Waals surface area contributed by atoms with Gasteiger partial charge in [-0.15, -0.1) is 0 Å². The average molecular weight is 417 g/mol. The van der Waals surface area contributed by atoms with Crippen molar-refractivity contribution in [3.8, 4) is 0 Å². The first-order chi connectivity index (χ1) is 13.3. The van der Waals surface area contributed by atoms with Gasteiger partial charge in [0.25, 0.3) is 0 Å². The maximum absolute atomic E-state index is 12.8. The zero-order valence-corrected chi connectivity index (χ0v) is 16.7. The highest BCUT2D eigenvalue weighted by molar-refractivity contribution is 7.88. The van der Waals surface area contributed by atoms with Gasteiger partial charge in [-0.3, -0.25) is 9.59 Å². The van der Waals surface area contributed by atoms with Crippen LogP contribution in [0.15, 0.2) is 0 Å². The average Bonchev–Trinajstić information content (AvgIpc) is 2.68. The fourth-order valence-electron chi connectivity index (χ4n) is 3.68. The van der Waals surface area contributed by atoms with Crippen LogP contribution in [-0.2, 0) is 24.3 Å². The summed E-state index contributed by atoms with van der Waals surface area (Å²) in [5.74, 6) is -0.838. The van der Waals surface area contributed by atoms with Crippen molar-refractivity contribution in [2.75, 3.05) is 58.7 Å². The van der Waals surface area contributed by atoms with Gasteiger partial charge in [-0.2, -0.15) is 4.31 Å². The smallest absolute Gasteiger partial charge is 0.320 e. The Morgan fingerprint density at radius 2 is 1.86 bits per heavy atom. The number of nitrogens with one attached hydrogen (secondary N) is 2. The highest BCUT2D eigenvalue weighted by Gasteiger charge is 2.41. The minimum Gasteiger partial charge on any atom is -0.378 e. The number of hydrogen-bond acceptors (Lipinski definition) is 6. The van der Waals surface area contributed by atoms with Crippen molar-refractivity contribution >= 4 is 27.9 Å². The molecule has 4 amide bonds. The molecule has 12 heteroatoms. The van der Waals surface area contributed by atoms with Crippen LogP contribution in [0.4, 0.5) is 4.79 Å². The molecule has 0 radical (unpaired) electrons. The predicted octanol–water partition coefficient (Wildman–Crippen LogP) is -2.22. The molecule has 0 bridgehead atoms. The molecule has 11 nitrogen and oxygen atoms in total. The highest BCUT2D eigenvalue weighted by Crippen LogP contribution is 2.17. The second-order valence-corrected chi connectivity index (χ2v) is 9.15. The summed E-state index contributed by atoms with van der Waals surface area (Å²) in [5, 5.41) is 5.33. The Balaban J connectivity index is 1.72. The standard InChI is InChI=1S/C16H27N5O6S/c1-28(25,26)21-6-5-20(16(24)19-7-9-27-10-8-19)11-13(21)15(23)18-12-3-2-4-17-14(12)22/h12-13H,2-11H2,1H3,(H,17,22)(H,18,23). The summed E-state index contributed by atoms with van der Waals surface area (Å²) in [6, 6.07) is -1.99. The molecule has 3 aliphatic heterocycles. The van der Waals surface area contributed by atoms with Gasteiger partial charge in [0, 0.05) is 39.3 Å². The minimum atomic E-state index is -3.65. The number of amides is 4. The Labute approximate surface area is 164 Å². The molecule has 2 atom stereocenters. The number of urea groups is 1. The van der Waals surface area contributed by atoms with E-state index in [-0.39, 0.29) is 31.6 Å². The van der Waals surface area contributed by atoms with E-state index in [1.165, 1.54) is 4.90 Å². The van der Waals surface area contributed by atoms with Crippen LogP contribution in [0.5, 0.6) is 0 Å². The molecule has 158 valence electrons. The Morgan fingerprint density at radius 1 is 1.14 bits per heavy atom. The molecular formula is C16H27N5O6S. The highest BCUT2D eigenvalue weighted by atomic mass is 32.2. The van der Waals surface area contributed by atoms with E-state index in [0.29, 0.717) is 39.3 Å². The van der Waals surface area contributed by atoms with E-state index in [1.807, 2.05) is 0 Å². The summed E-state index contributed by atoms with van der Waals surface area (Å²) in [6.45, 7) is 2.58. The van der Waals surface area contributed by atoms with Crippen molar-refractivity contribution in [1.82, 2.24) is 24.7 Å².